The first kappa shape index (κ1) is 12.3. The lowest BCUT2D eigenvalue weighted by Crippen LogP contribution is -2.45. The van der Waals surface area contributed by atoms with Crippen LogP contribution in [0, 0.1) is 11.8 Å². The van der Waals surface area contributed by atoms with Crippen LogP contribution in [0.5, 0.6) is 0 Å². The molecule has 0 aromatic heterocycles. The summed E-state index contributed by atoms with van der Waals surface area (Å²) in [6, 6.07) is 0.0856. The Hall–Kier alpha value is -0.130. The molecule has 0 aromatic carbocycles. The third-order valence-corrected chi connectivity index (χ3v) is 5.27. The van der Waals surface area contributed by atoms with Crippen molar-refractivity contribution in [3.8, 4) is 0 Å². The van der Waals surface area contributed by atoms with Crippen molar-refractivity contribution in [1.82, 2.24) is 4.72 Å². The normalized spacial score (nSPS) is 31.6. The van der Waals surface area contributed by atoms with E-state index >= 15 is 0 Å². The van der Waals surface area contributed by atoms with E-state index in [2.05, 4.69) is 4.72 Å². The van der Waals surface area contributed by atoms with Gasteiger partial charge in [-0.1, -0.05) is 12.8 Å². The molecule has 0 saturated heterocycles. The SMILES string of the molecule is NCC1CCCCC1NS(=O)(=O)CC1CC1. The van der Waals surface area contributed by atoms with Gasteiger partial charge in [-0.15, -0.1) is 0 Å². The maximum Gasteiger partial charge on any atom is 0.212 e. The predicted molar refractivity (Wildman–Crippen MR) is 64.4 cm³/mol. The number of hydrogen-bond acceptors (Lipinski definition) is 3. The molecule has 16 heavy (non-hydrogen) atoms. The largest absolute Gasteiger partial charge is 0.330 e. The zero-order valence-electron chi connectivity index (χ0n) is 9.69. The molecule has 2 fully saturated rings. The average molecular weight is 246 g/mol. The fraction of sp³-hybridized carbons (Fsp3) is 1.00. The molecule has 0 spiro atoms. The highest BCUT2D eigenvalue weighted by Gasteiger charge is 2.32. The Kier molecular flexibility index (Phi) is 3.87. The highest BCUT2D eigenvalue weighted by Crippen LogP contribution is 2.31. The minimum Gasteiger partial charge on any atom is -0.330 e. The van der Waals surface area contributed by atoms with Crippen LogP contribution in [0.1, 0.15) is 38.5 Å². The van der Waals surface area contributed by atoms with Gasteiger partial charge in [0.2, 0.25) is 10.0 Å². The molecule has 4 nitrogen and oxygen atoms in total. The molecule has 0 bridgehead atoms. The fourth-order valence-electron chi connectivity index (χ4n) is 2.52. The van der Waals surface area contributed by atoms with Crippen molar-refractivity contribution in [1.29, 1.82) is 0 Å². The van der Waals surface area contributed by atoms with Crippen molar-refractivity contribution in [2.75, 3.05) is 12.3 Å². The van der Waals surface area contributed by atoms with Crippen LogP contribution in [0.2, 0.25) is 0 Å². The summed E-state index contributed by atoms with van der Waals surface area (Å²) in [6.45, 7) is 0.594. The third kappa shape index (κ3) is 3.43. The van der Waals surface area contributed by atoms with Crippen molar-refractivity contribution in [3.05, 3.63) is 0 Å². The van der Waals surface area contributed by atoms with E-state index in [0.717, 1.165) is 32.1 Å². The highest BCUT2D eigenvalue weighted by molar-refractivity contribution is 7.89. The molecule has 0 aromatic rings. The minimum absolute atomic E-state index is 0.0856. The van der Waals surface area contributed by atoms with Crippen LogP contribution < -0.4 is 10.5 Å². The standard InChI is InChI=1S/C11H22N2O2S/c12-7-10-3-1-2-4-11(10)13-16(14,15)8-9-5-6-9/h9-11,13H,1-8,12H2. The van der Waals surface area contributed by atoms with E-state index in [9.17, 15) is 8.42 Å². The third-order valence-electron chi connectivity index (χ3n) is 3.69. The second kappa shape index (κ2) is 5.02. The van der Waals surface area contributed by atoms with Crippen molar-refractivity contribution in [2.24, 2.45) is 17.6 Å². The van der Waals surface area contributed by atoms with Crippen LogP contribution in [-0.4, -0.2) is 26.8 Å². The Morgan fingerprint density at radius 3 is 2.44 bits per heavy atom. The summed E-state index contributed by atoms with van der Waals surface area (Å²) >= 11 is 0. The molecule has 94 valence electrons. The van der Waals surface area contributed by atoms with Gasteiger partial charge in [0.1, 0.15) is 0 Å². The highest BCUT2D eigenvalue weighted by atomic mass is 32.2. The number of nitrogens with one attached hydrogen (secondary N) is 1. The minimum atomic E-state index is -3.07. The van der Waals surface area contributed by atoms with Gasteiger partial charge in [0.25, 0.3) is 0 Å². The topological polar surface area (TPSA) is 72.2 Å². The van der Waals surface area contributed by atoms with Crippen LogP contribution in [0.15, 0.2) is 0 Å². The lowest BCUT2D eigenvalue weighted by atomic mass is 9.85. The molecule has 0 radical (unpaired) electrons. The number of rotatable bonds is 5. The quantitative estimate of drug-likeness (QED) is 0.755. The van der Waals surface area contributed by atoms with Gasteiger partial charge in [0.05, 0.1) is 5.75 Å². The molecule has 2 unspecified atom stereocenters. The molecule has 0 aliphatic heterocycles. The van der Waals surface area contributed by atoms with Gasteiger partial charge in [-0.3, -0.25) is 0 Å². The molecule has 3 N–H and O–H groups in total. The fourth-order valence-corrected chi connectivity index (χ4v) is 4.34. The summed E-state index contributed by atoms with van der Waals surface area (Å²) in [5.41, 5.74) is 5.69. The Bertz CT molecular complexity index is 325. The van der Waals surface area contributed by atoms with E-state index in [-0.39, 0.29) is 6.04 Å². The first-order valence-electron chi connectivity index (χ1n) is 6.31. The average Bonchev–Trinajstić information content (AvgIpc) is 3.01. The van der Waals surface area contributed by atoms with Crippen molar-refractivity contribution in [3.63, 3.8) is 0 Å². The molecule has 2 saturated carbocycles. The Balaban J connectivity index is 1.90. The molecular formula is C11H22N2O2S. The van der Waals surface area contributed by atoms with E-state index in [1.54, 1.807) is 0 Å². The van der Waals surface area contributed by atoms with Gasteiger partial charge >= 0.3 is 0 Å². The summed E-state index contributed by atoms with van der Waals surface area (Å²) in [5.74, 6) is 1.07. The van der Waals surface area contributed by atoms with Crippen molar-refractivity contribution >= 4 is 10.0 Å². The molecule has 5 heteroatoms. The lowest BCUT2D eigenvalue weighted by Gasteiger charge is -2.31. The Morgan fingerprint density at radius 2 is 1.81 bits per heavy atom. The summed E-state index contributed by atoms with van der Waals surface area (Å²) in [7, 11) is -3.07. The van der Waals surface area contributed by atoms with Crippen molar-refractivity contribution < 1.29 is 8.42 Å². The van der Waals surface area contributed by atoms with Crippen LogP contribution in [0.4, 0.5) is 0 Å². The van der Waals surface area contributed by atoms with E-state index in [4.69, 9.17) is 5.73 Å². The second-order valence-electron chi connectivity index (χ2n) is 5.23. The first-order chi connectivity index (χ1) is 7.61. The van der Waals surface area contributed by atoms with E-state index in [1.807, 2.05) is 0 Å². The van der Waals surface area contributed by atoms with Crippen LogP contribution in [-0.2, 0) is 10.0 Å². The van der Waals surface area contributed by atoms with Crippen molar-refractivity contribution in [2.45, 2.75) is 44.6 Å². The van der Waals surface area contributed by atoms with Gasteiger partial charge in [-0.2, -0.15) is 0 Å². The zero-order chi connectivity index (χ0) is 11.6. The van der Waals surface area contributed by atoms with Gasteiger partial charge in [0, 0.05) is 6.04 Å². The summed E-state index contributed by atoms with van der Waals surface area (Å²) in [5, 5.41) is 0. The van der Waals surface area contributed by atoms with Gasteiger partial charge in [-0.25, -0.2) is 13.1 Å². The molecule has 2 atom stereocenters. The monoisotopic (exact) mass is 246 g/mol. The smallest absolute Gasteiger partial charge is 0.212 e. The summed E-state index contributed by atoms with van der Waals surface area (Å²) < 4.78 is 26.6. The van der Waals surface area contributed by atoms with Gasteiger partial charge in [-0.05, 0) is 44.1 Å². The van der Waals surface area contributed by atoms with Gasteiger partial charge in [0.15, 0.2) is 0 Å². The summed E-state index contributed by atoms with van der Waals surface area (Å²) in [6.07, 6.45) is 6.46. The molecule has 2 aliphatic carbocycles. The van der Waals surface area contributed by atoms with Gasteiger partial charge < -0.3 is 5.73 Å². The molecular weight excluding hydrogens is 224 g/mol. The number of sulfonamides is 1. The van der Waals surface area contributed by atoms with Crippen LogP contribution in [0.25, 0.3) is 0 Å². The number of hydrogen-bond donors (Lipinski definition) is 2. The second-order valence-corrected chi connectivity index (χ2v) is 7.03. The summed E-state index contributed by atoms with van der Waals surface area (Å²) in [4.78, 5) is 0. The first-order valence-corrected chi connectivity index (χ1v) is 7.96. The lowest BCUT2D eigenvalue weighted by molar-refractivity contribution is 0.296. The van der Waals surface area contributed by atoms with E-state index in [1.165, 1.54) is 6.42 Å². The maximum absolute atomic E-state index is 11.9. The number of nitrogens with two attached hydrogens (primary N) is 1. The molecule has 0 heterocycles. The Morgan fingerprint density at radius 1 is 1.12 bits per heavy atom. The Labute approximate surface area is 98.0 Å². The van der Waals surface area contributed by atoms with Crippen LogP contribution >= 0.6 is 0 Å². The molecule has 2 aliphatic rings. The van der Waals surface area contributed by atoms with E-state index < -0.39 is 10.0 Å². The maximum atomic E-state index is 11.9. The van der Waals surface area contributed by atoms with E-state index in [0.29, 0.717) is 24.1 Å². The van der Waals surface area contributed by atoms with Crippen LogP contribution in [0.3, 0.4) is 0 Å². The molecule has 0 amide bonds. The zero-order valence-corrected chi connectivity index (χ0v) is 10.5. The predicted octanol–water partition coefficient (Wildman–Crippen LogP) is 0.833. The molecule has 2 rings (SSSR count).